The van der Waals surface area contributed by atoms with E-state index in [9.17, 15) is 18.8 Å². The van der Waals surface area contributed by atoms with E-state index < -0.39 is 29.5 Å². The second kappa shape index (κ2) is 7.66. The summed E-state index contributed by atoms with van der Waals surface area (Å²) in [5.74, 6) is -4.06. The van der Waals surface area contributed by atoms with E-state index in [0.717, 1.165) is 31.8 Å². The first-order chi connectivity index (χ1) is 9.04. The molecule has 6 heteroatoms. The van der Waals surface area contributed by atoms with E-state index in [2.05, 4.69) is 6.92 Å². The third kappa shape index (κ3) is 5.19. The van der Waals surface area contributed by atoms with E-state index in [1.165, 1.54) is 0 Å². The molecule has 1 atom stereocenters. The Balaban J connectivity index is 2.30. The van der Waals surface area contributed by atoms with Crippen LogP contribution in [0.1, 0.15) is 39.0 Å². The van der Waals surface area contributed by atoms with Crippen LogP contribution >= 0.6 is 0 Å². The fourth-order valence-electron chi connectivity index (χ4n) is 1.67. The van der Waals surface area contributed by atoms with Crippen molar-refractivity contribution in [1.82, 2.24) is 5.32 Å². The average Bonchev–Trinajstić information content (AvgIpc) is 2.37. The number of esters is 1. The monoisotopic (exact) mass is 271 g/mol. The van der Waals surface area contributed by atoms with E-state index in [1.807, 2.05) is 5.32 Å². The van der Waals surface area contributed by atoms with Crippen LogP contribution in [0.2, 0.25) is 0 Å². The molecule has 0 radical (unpaired) electrons. The topological polar surface area (TPSA) is 72.5 Å². The molecule has 0 saturated carbocycles. The predicted octanol–water partition coefficient (Wildman–Crippen LogP) is 1.63. The molecular weight excluding hydrogens is 253 g/mol. The number of hydrogen-bond acceptors (Lipinski definition) is 4. The van der Waals surface area contributed by atoms with Gasteiger partial charge in [-0.05, 0) is 12.5 Å². The fourth-order valence-corrected chi connectivity index (χ4v) is 1.67. The molecule has 0 spiro atoms. The molecule has 1 N–H and O–H groups in total. The number of carbonyl (C=O) groups excluding carboxylic acids is 3. The first kappa shape index (κ1) is 15.3. The Morgan fingerprint density at radius 1 is 1.37 bits per heavy atom. The van der Waals surface area contributed by atoms with Gasteiger partial charge in [0.05, 0.1) is 5.92 Å². The van der Waals surface area contributed by atoms with Crippen LogP contribution in [0.5, 0.6) is 0 Å². The number of unbranched alkanes of at least 4 members (excludes halogenated alkanes) is 3. The molecule has 1 unspecified atom stereocenters. The quantitative estimate of drug-likeness (QED) is 0.434. The van der Waals surface area contributed by atoms with E-state index >= 15 is 0 Å². The minimum absolute atomic E-state index is 0.237. The molecule has 0 bridgehead atoms. The van der Waals surface area contributed by atoms with Gasteiger partial charge in [-0.1, -0.05) is 26.2 Å². The molecule has 106 valence electrons. The first-order valence-electron chi connectivity index (χ1n) is 6.42. The summed E-state index contributed by atoms with van der Waals surface area (Å²) in [6.45, 7) is 1.83. The number of imide groups is 1. The summed E-state index contributed by atoms with van der Waals surface area (Å²) in [5, 5.41) is 1.85. The van der Waals surface area contributed by atoms with Gasteiger partial charge in [0.2, 0.25) is 5.91 Å². The zero-order valence-electron chi connectivity index (χ0n) is 10.9. The van der Waals surface area contributed by atoms with Crippen LogP contribution in [0.4, 0.5) is 4.39 Å². The Hall–Kier alpha value is -1.72. The molecule has 1 rings (SSSR count). The van der Waals surface area contributed by atoms with Crippen molar-refractivity contribution in [2.45, 2.75) is 39.0 Å². The Kier molecular flexibility index (Phi) is 6.18. The summed E-state index contributed by atoms with van der Waals surface area (Å²) < 4.78 is 17.9. The Bertz CT molecular complexity index is 392. The summed E-state index contributed by atoms with van der Waals surface area (Å²) in [6, 6.07) is 0. The van der Waals surface area contributed by atoms with Gasteiger partial charge in [0.25, 0.3) is 5.91 Å². The van der Waals surface area contributed by atoms with E-state index in [0.29, 0.717) is 6.42 Å². The molecule has 0 aromatic rings. The fraction of sp³-hybridized carbons (Fsp3) is 0.615. The van der Waals surface area contributed by atoms with Gasteiger partial charge in [-0.25, -0.2) is 4.39 Å². The Morgan fingerprint density at radius 2 is 2.11 bits per heavy atom. The number of nitrogens with one attached hydrogen (secondary N) is 1. The summed E-state index contributed by atoms with van der Waals surface area (Å²) in [5.41, 5.74) is 0. The third-order valence-corrected chi connectivity index (χ3v) is 2.80. The molecule has 1 aliphatic rings. The maximum atomic E-state index is 13.0. The first-order valence-corrected chi connectivity index (χ1v) is 6.42. The van der Waals surface area contributed by atoms with Crippen LogP contribution < -0.4 is 5.32 Å². The molecule has 2 amide bonds. The zero-order valence-corrected chi connectivity index (χ0v) is 10.9. The summed E-state index contributed by atoms with van der Waals surface area (Å²) in [4.78, 5) is 33.5. The minimum atomic E-state index is -1.05. The van der Waals surface area contributed by atoms with Crippen LogP contribution in [-0.2, 0) is 19.1 Å². The van der Waals surface area contributed by atoms with E-state index in [1.54, 1.807) is 0 Å². The van der Waals surface area contributed by atoms with Gasteiger partial charge in [0.15, 0.2) is 5.83 Å². The van der Waals surface area contributed by atoms with Gasteiger partial charge < -0.3 is 4.74 Å². The van der Waals surface area contributed by atoms with Crippen molar-refractivity contribution in [3.8, 4) is 0 Å². The highest BCUT2D eigenvalue weighted by atomic mass is 19.1. The molecule has 5 nitrogen and oxygen atoms in total. The summed E-state index contributed by atoms with van der Waals surface area (Å²) in [7, 11) is 0. The highest BCUT2D eigenvalue weighted by Gasteiger charge is 2.28. The van der Waals surface area contributed by atoms with Crippen molar-refractivity contribution in [3.05, 3.63) is 11.9 Å². The lowest BCUT2D eigenvalue weighted by Gasteiger charge is -2.16. The maximum Gasteiger partial charge on any atom is 0.305 e. The van der Waals surface area contributed by atoms with Crippen molar-refractivity contribution in [1.29, 1.82) is 0 Å². The number of ether oxygens (including phenoxy) is 1. The van der Waals surface area contributed by atoms with Gasteiger partial charge in [-0.3, -0.25) is 19.7 Å². The molecule has 1 heterocycles. The predicted molar refractivity (Wildman–Crippen MR) is 65.5 cm³/mol. The van der Waals surface area contributed by atoms with E-state index in [4.69, 9.17) is 4.74 Å². The largest absolute Gasteiger partial charge is 0.464 e. The van der Waals surface area contributed by atoms with Gasteiger partial charge in [0, 0.05) is 6.42 Å². The number of hydrogen-bond donors (Lipinski definition) is 1. The minimum Gasteiger partial charge on any atom is -0.464 e. The smallest absolute Gasteiger partial charge is 0.305 e. The molecule has 0 aromatic heterocycles. The van der Waals surface area contributed by atoms with Crippen molar-refractivity contribution < 1.29 is 23.5 Å². The molecule has 0 saturated heterocycles. The summed E-state index contributed by atoms with van der Waals surface area (Å²) in [6.07, 6.45) is 5.01. The molecule has 1 aliphatic heterocycles. The second-order valence-corrected chi connectivity index (χ2v) is 4.43. The van der Waals surface area contributed by atoms with Crippen molar-refractivity contribution in [2.75, 3.05) is 6.61 Å². The van der Waals surface area contributed by atoms with Crippen molar-refractivity contribution >= 4 is 17.8 Å². The number of carbonyl (C=O) groups is 3. The Morgan fingerprint density at radius 3 is 2.79 bits per heavy atom. The zero-order chi connectivity index (χ0) is 14.3. The number of rotatable bonds is 7. The third-order valence-electron chi connectivity index (χ3n) is 2.80. The van der Waals surface area contributed by atoms with Gasteiger partial charge in [0.1, 0.15) is 6.61 Å². The SMILES string of the molecule is CCCCCCC(=O)OCC1C=C(F)C(=O)NC1=O. The standard InChI is InChI=1S/C13H18FNO4/c1-2-3-4-5-6-11(16)19-8-9-7-10(14)13(18)15-12(9)17/h7,9H,2-6,8H2,1H3,(H,15,17,18). The average molecular weight is 271 g/mol. The molecule has 0 fully saturated rings. The summed E-state index contributed by atoms with van der Waals surface area (Å²) >= 11 is 0. The number of halogens is 1. The van der Waals surface area contributed by atoms with Gasteiger partial charge >= 0.3 is 5.97 Å². The van der Waals surface area contributed by atoms with Crippen LogP contribution in [0.3, 0.4) is 0 Å². The highest BCUT2D eigenvalue weighted by Crippen LogP contribution is 2.13. The van der Waals surface area contributed by atoms with Crippen molar-refractivity contribution in [3.63, 3.8) is 0 Å². The second-order valence-electron chi connectivity index (χ2n) is 4.43. The van der Waals surface area contributed by atoms with Crippen LogP contribution in [0.15, 0.2) is 11.9 Å². The molecule has 0 aliphatic carbocycles. The van der Waals surface area contributed by atoms with Crippen LogP contribution in [0.25, 0.3) is 0 Å². The van der Waals surface area contributed by atoms with E-state index in [-0.39, 0.29) is 6.61 Å². The Labute approximate surface area is 111 Å². The molecule has 19 heavy (non-hydrogen) atoms. The van der Waals surface area contributed by atoms with Crippen LogP contribution in [-0.4, -0.2) is 24.4 Å². The lowest BCUT2D eigenvalue weighted by atomic mass is 10.1. The lowest BCUT2D eigenvalue weighted by molar-refractivity contribution is -0.146. The normalized spacial score (nSPS) is 18.8. The van der Waals surface area contributed by atoms with Crippen LogP contribution in [0, 0.1) is 5.92 Å². The highest BCUT2D eigenvalue weighted by molar-refractivity contribution is 6.07. The van der Waals surface area contributed by atoms with Gasteiger partial charge in [-0.15, -0.1) is 0 Å². The number of amides is 2. The lowest BCUT2D eigenvalue weighted by Crippen LogP contribution is -2.41. The maximum absolute atomic E-state index is 13.0. The molecule has 0 aromatic carbocycles. The van der Waals surface area contributed by atoms with Gasteiger partial charge in [-0.2, -0.15) is 0 Å². The molecular formula is C13H18FNO4. The van der Waals surface area contributed by atoms with Crippen molar-refractivity contribution in [2.24, 2.45) is 5.92 Å².